The van der Waals surface area contributed by atoms with Crippen LogP contribution in [0.3, 0.4) is 0 Å². The van der Waals surface area contributed by atoms with Crippen LogP contribution in [0.1, 0.15) is 44.9 Å². The van der Waals surface area contributed by atoms with Crippen LogP contribution in [-0.2, 0) is 9.59 Å². The molecule has 1 heterocycles. The van der Waals surface area contributed by atoms with Gasteiger partial charge in [0.25, 0.3) is 0 Å². The van der Waals surface area contributed by atoms with Gasteiger partial charge in [-0.05, 0) is 51.1 Å². The summed E-state index contributed by atoms with van der Waals surface area (Å²) in [5, 5.41) is 15.3. The molecule has 0 aromatic heterocycles. The fraction of sp³-hybridized carbons (Fsp3) is 0.857. The first-order valence-corrected chi connectivity index (χ1v) is 7.38. The molecule has 1 amide bonds. The van der Waals surface area contributed by atoms with Crippen LogP contribution in [-0.4, -0.2) is 36.1 Å². The summed E-state index contributed by atoms with van der Waals surface area (Å²) in [4.78, 5) is 22.8. The smallest absolute Gasteiger partial charge is 0.306 e. The first-order valence-electron chi connectivity index (χ1n) is 7.38. The van der Waals surface area contributed by atoms with Crippen molar-refractivity contribution < 1.29 is 14.7 Å². The Kier molecular flexibility index (Phi) is 5.19. The molecule has 19 heavy (non-hydrogen) atoms. The number of hydrogen-bond acceptors (Lipinski definition) is 3. The highest BCUT2D eigenvalue weighted by molar-refractivity contribution is 5.76. The zero-order valence-electron chi connectivity index (χ0n) is 11.4. The van der Waals surface area contributed by atoms with Gasteiger partial charge in [0.2, 0.25) is 5.91 Å². The minimum atomic E-state index is -0.726. The average molecular weight is 268 g/mol. The second kappa shape index (κ2) is 6.89. The maximum absolute atomic E-state index is 11.9. The van der Waals surface area contributed by atoms with Crippen LogP contribution >= 0.6 is 0 Å². The molecule has 5 heteroatoms. The van der Waals surface area contributed by atoms with E-state index in [1.165, 1.54) is 0 Å². The average Bonchev–Trinajstić information content (AvgIpc) is 2.90. The van der Waals surface area contributed by atoms with Crippen molar-refractivity contribution in [1.29, 1.82) is 0 Å². The van der Waals surface area contributed by atoms with Gasteiger partial charge in [-0.1, -0.05) is 6.42 Å². The largest absolute Gasteiger partial charge is 0.481 e. The molecule has 2 fully saturated rings. The van der Waals surface area contributed by atoms with Gasteiger partial charge >= 0.3 is 5.97 Å². The van der Waals surface area contributed by atoms with Crippen LogP contribution in [0.15, 0.2) is 0 Å². The van der Waals surface area contributed by atoms with Gasteiger partial charge in [-0.15, -0.1) is 0 Å². The number of carboxylic acid groups (broad SMARTS) is 1. The van der Waals surface area contributed by atoms with Crippen molar-refractivity contribution in [2.45, 2.75) is 51.0 Å². The van der Waals surface area contributed by atoms with Gasteiger partial charge in [-0.2, -0.15) is 0 Å². The third-order valence-electron chi connectivity index (χ3n) is 4.33. The third-order valence-corrected chi connectivity index (χ3v) is 4.33. The van der Waals surface area contributed by atoms with E-state index >= 15 is 0 Å². The maximum atomic E-state index is 11.9. The van der Waals surface area contributed by atoms with Gasteiger partial charge in [0.1, 0.15) is 0 Å². The van der Waals surface area contributed by atoms with E-state index in [0.717, 1.165) is 45.2 Å². The van der Waals surface area contributed by atoms with Crippen molar-refractivity contribution in [1.82, 2.24) is 10.6 Å². The van der Waals surface area contributed by atoms with Crippen LogP contribution in [0.25, 0.3) is 0 Å². The maximum Gasteiger partial charge on any atom is 0.306 e. The lowest BCUT2D eigenvalue weighted by atomic mass is 9.85. The van der Waals surface area contributed by atoms with Crippen molar-refractivity contribution in [3.05, 3.63) is 0 Å². The standard InChI is InChI=1S/C14H24N2O3/c17-13(5-4-10-6-7-15-9-10)16-12-3-1-2-11(8-12)14(18)19/h10-12,15H,1-9H2,(H,16,17)(H,18,19). The Bertz CT molecular complexity index is 327. The lowest BCUT2D eigenvalue weighted by molar-refractivity contribution is -0.143. The lowest BCUT2D eigenvalue weighted by Crippen LogP contribution is -2.40. The number of amides is 1. The van der Waals surface area contributed by atoms with Crippen LogP contribution in [0, 0.1) is 11.8 Å². The van der Waals surface area contributed by atoms with Crippen molar-refractivity contribution in [3.8, 4) is 0 Å². The molecule has 0 aromatic rings. The monoisotopic (exact) mass is 268 g/mol. The van der Waals surface area contributed by atoms with Gasteiger partial charge in [-0.25, -0.2) is 0 Å². The van der Waals surface area contributed by atoms with E-state index in [4.69, 9.17) is 5.11 Å². The van der Waals surface area contributed by atoms with Crippen LogP contribution in [0.2, 0.25) is 0 Å². The highest BCUT2D eigenvalue weighted by Crippen LogP contribution is 2.24. The Hall–Kier alpha value is -1.10. The normalized spacial score (nSPS) is 31.1. The van der Waals surface area contributed by atoms with Crippen molar-refractivity contribution in [3.63, 3.8) is 0 Å². The van der Waals surface area contributed by atoms with Crippen molar-refractivity contribution >= 4 is 11.9 Å². The second-order valence-electron chi connectivity index (χ2n) is 5.86. The molecular formula is C14H24N2O3. The number of hydrogen-bond donors (Lipinski definition) is 3. The van der Waals surface area contributed by atoms with Gasteiger partial charge in [0.05, 0.1) is 5.92 Å². The van der Waals surface area contributed by atoms with Gasteiger partial charge in [-0.3, -0.25) is 9.59 Å². The molecule has 1 aliphatic carbocycles. The molecule has 1 saturated carbocycles. The lowest BCUT2D eigenvalue weighted by Gasteiger charge is -2.27. The number of carbonyl (C=O) groups is 2. The Balaban J connectivity index is 1.67. The quantitative estimate of drug-likeness (QED) is 0.698. The van der Waals surface area contributed by atoms with Crippen molar-refractivity contribution in [2.24, 2.45) is 11.8 Å². The third kappa shape index (κ3) is 4.49. The van der Waals surface area contributed by atoms with Gasteiger partial charge in [0, 0.05) is 12.5 Å². The first-order chi connectivity index (χ1) is 9.15. The number of nitrogens with one attached hydrogen (secondary N) is 2. The van der Waals surface area contributed by atoms with Crippen LogP contribution < -0.4 is 10.6 Å². The second-order valence-corrected chi connectivity index (χ2v) is 5.86. The Morgan fingerprint density at radius 3 is 2.79 bits per heavy atom. The Morgan fingerprint density at radius 2 is 2.11 bits per heavy atom. The fourth-order valence-electron chi connectivity index (χ4n) is 3.14. The molecule has 0 aromatic carbocycles. The highest BCUT2D eigenvalue weighted by atomic mass is 16.4. The van der Waals surface area contributed by atoms with E-state index in [0.29, 0.717) is 18.8 Å². The molecule has 1 saturated heterocycles. The molecule has 0 radical (unpaired) electrons. The van der Waals surface area contributed by atoms with E-state index in [9.17, 15) is 9.59 Å². The molecule has 0 bridgehead atoms. The molecule has 1 aliphatic heterocycles. The summed E-state index contributed by atoms with van der Waals surface area (Å²) in [6.07, 6.45) is 5.82. The Morgan fingerprint density at radius 1 is 1.26 bits per heavy atom. The predicted octanol–water partition coefficient (Wildman–Crippen LogP) is 1.14. The minimum Gasteiger partial charge on any atom is -0.481 e. The minimum absolute atomic E-state index is 0.0593. The van der Waals surface area contributed by atoms with Crippen LogP contribution in [0.4, 0.5) is 0 Å². The zero-order valence-corrected chi connectivity index (χ0v) is 11.4. The molecule has 3 unspecified atom stereocenters. The number of carbonyl (C=O) groups excluding carboxylic acids is 1. The van der Waals surface area contributed by atoms with Crippen molar-refractivity contribution in [2.75, 3.05) is 13.1 Å². The zero-order chi connectivity index (χ0) is 13.7. The first kappa shape index (κ1) is 14.3. The highest BCUT2D eigenvalue weighted by Gasteiger charge is 2.27. The van der Waals surface area contributed by atoms with Gasteiger partial charge < -0.3 is 15.7 Å². The SMILES string of the molecule is O=C(CCC1CCNC1)NC1CCCC(C(=O)O)C1. The summed E-state index contributed by atoms with van der Waals surface area (Å²) in [6.45, 7) is 2.09. The number of rotatable bonds is 5. The fourth-order valence-corrected chi connectivity index (χ4v) is 3.14. The molecule has 2 rings (SSSR count). The summed E-state index contributed by atoms with van der Waals surface area (Å²) < 4.78 is 0. The summed E-state index contributed by atoms with van der Waals surface area (Å²) in [7, 11) is 0. The van der Waals surface area contributed by atoms with Crippen LogP contribution in [0.5, 0.6) is 0 Å². The molecule has 3 N–H and O–H groups in total. The summed E-state index contributed by atoms with van der Waals surface area (Å²) in [6, 6.07) is 0.0593. The molecule has 3 atom stereocenters. The molecular weight excluding hydrogens is 244 g/mol. The number of carboxylic acids is 1. The Labute approximate surface area is 114 Å². The molecule has 0 spiro atoms. The summed E-state index contributed by atoms with van der Waals surface area (Å²) in [5.74, 6) is -0.291. The van der Waals surface area contributed by atoms with E-state index in [1.54, 1.807) is 0 Å². The number of aliphatic carboxylic acids is 1. The predicted molar refractivity (Wildman–Crippen MR) is 71.7 cm³/mol. The van der Waals surface area contributed by atoms with E-state index in [1.807, 2.05) is 0 Å². The molecule has 5 nitrogen and oxygen atoms in total. The molecule has 2 aliphatic rings. The van der Waals surface area contributed by atoms with E-state index in [2.05, 4.69) is 10.6 Å². The van der Waals surface area contributed by atoms with Gasteiger partial charge in [0.15, 0.2) is 0 Å². The molecule has 108 valence electrons. The topological polar surface area (TPSA) is 78.4 Å². The summed E-state index contributed by atoms with van der Waals surface area (Å²) >= 11 is 0. The summed E-state index contributed by atoms with van der Waals surface area (Å²) in [5.41, 5.74) is 0. The van der Waals surface area contributed by atoms with E-state index in [-0.39, 0.29) is 17.9 Å². The van der Waals surface area contributed by atoms with E-state index < -0.39 is 5.97 Å².